The average Bonchev–Trinajstić information content (AvgIpc) is 2.19. The molecule has 0 unspecified atom stereocenters. The summed E-state index contributed by atoms with van der Waals surface area (Å²) in [6, 6.07) is 0. The van der Waals surface area contributed by atoms with Crippen LogP contribution in [0.2, 0.25) is 0 Å². The van der Waals surface area contributed by atoms with Crippen LogP contribution in [0.25, 0.3) is 0 Å². The number of hydrogen-bond acceptors (Lipinski definition) is 0. The molecule has 0 aromatic carbocycles. The van der Waals surface area contributed by atoms with Crippen LogP contribution in [-0.4, -0.2) is 0 Å². The molecule has 0 amide bonds. The van der Waals surface area contributed by atoms with Gasteiger partial charge in [-0.05, 0) is 13.8 Å². The summed E-state index contributed by atoms with van der Waals surface area (Å²) in [6.45, 7) is 24.6. The van der Waals surface area contributed by atoms with E-state index in [1.807, 2.05) is 13.8 Å². The van der Waals surface area contributed by atoms with Crippen molar-refractivity contribution in [2.45, 2.75) is 13.8 Å². The van der Waals surface area contributed by atoms with Crippen molar-refractivity contribution >= 4 is 50.9 Å². The zero-order valence-electron chi connectivity index (χ0n) is 10.8. The predicted molar refractivity (Wildman–Crippen MR) is 101 cm³/mol. The van der Waals surface area contributed by atoms with Crippen LogP contribution in [0, 0.1) is 0 Å². The second-order valence-corrected chi connectivity index (χ2v) is 2.57. The summed E-state index contributed by atoms with van der Waals surface area (Å²) in [5, 5.41) is 0. The van der Waals surface area contributed by atoms with Crippen molar-refractivity contribution in [3.63, 3.8) is 0 Å². The highest BCUT2D eigenvalue weighted by Gasteiger charge is 1.59. The first-order valence-electron chi connectivity index (χ1n) is 4.25. The Labute approximate surface area is 139 Å². The van der Waals surface area contributed by atoms with Gasteiger partial charge in [0, 0.05) is 0 Å². The molecule has 0 aromatic heterocycles. The van der Waals surface area contributed by atoms with E-state index in [2.05, 4.69) is 39.5 Å². The smallest absolute Gasteiger partial charge is 0.0404 e. The molecule has 17 heavy (non-hydrogen) atoms. The van der Waals surface area contributed by atoms with Gasteiger partial charge in [0.2, 0.25) is 0 Å². The van der Waals surface area contributed by atoms with E-state index in [1.54, 1.807) is 24.3 Å². The molecule has 0 fully saturated rings. The molecule has 0 aromatic rings. The Morgan fingerprint density at radius 3 is 0.765 bits per heavy atom. The molecule has 0 aliphatic heterocycles. The second-order valence-electron chi connectivity index (χ2n) is 2.57. The Morgan fingerprint density at radius 1 is 0.647 bits per heavy atom. The van der Waals surface area contributed by atoms with Crippen molar-refractivity contribution in [2.75, 3.05) is 0 Å². The van der Waals surface area contributed by atoms with Gasteiger partial charge in [-0.15, -0.1) is 50.9 Å². The standard InChI is InChI=1S/2C5H8.C4H6.3BrH/c2*1-4-5(2)3;1-3-4-2;;;/h2*4H,1-2H2,3H3;3-4H,1-2H2;3*1H. The summed E-state index contributed by atoms with van der Waals surface area (Å²) in [4.78, 5) is 0. The maximum Gasteiger partial charge on any atom is -0.0404 e. The fraction of sp³-hybridized carbons (Fsp3) is 0.143. The van der Waals surface area contributed by atoms with E-state index in [9.17, 15) is 0 Å². The molecule has 0 atom stereocenters. The summed E-state index contributed by atoms with van der Waals surface area (Å²) in [7, 11) is 0. The lowest BCUT2D eigenvalue weighted by molar-refractivity contribution is 1.58. The monoisotopic (exact) mass is 430 g/mol. The molecule has 0 aliphatic carbocycles. The van der Waals surface area contributed by atoms with Gasteiger partial charge in [-0.3, -0.25) is 0 Å². The Bertz CT molecular complexity index is 192. The summed E-state index contributed by atoms with van der Waals surface area (Å²) in [6.07, 6.45) is 6.72. The van der Waals surface area contributed by atoms with Crippen molar-refractivity contribution < 1.29 is 0 Å². The van der Waals surface area contributed by atoms with Crippen molar-refractivity contribution in [3.05, 3.63) is 74.9 Å². The molecule has 0 bridgehead atoms. The molecule has 0 spiro atoms. The van der Waals surface area contributed by atoms with Gasteiger partial charge in [-0.1, -0.05) is 74.9 Å². The molecular weight excluding hydrogens is 408 g/mol. The third-order valence-electron chi connectivity index (χ3n) is 0.864. The number of allylic oxidation sites excluding steroid dienone is 6. The van der Waals surface area contributed by atoms with Gasteiger partial charge in [0.15, 0.2) is 0 Å². The number of rotatable bonds is 3. The number of halogens is 3. The minimum atomic E-state index is 0. The quantitative estimate of drug-likeness (QED) is 0.441. The van der Waals surface area contributed by atoms with E-state index in [-0.39, 0.29) is 50.9 Å². The van der Waals surface area contributed by atoms with Crippen LogP contribution < -0.4 is 0 Å². The van der Waals surface area contributed by atoms with Crippen LogP contribution in [0.3, 0.4) is 0 Å². The molecule has 0 N–H and O–H groups in total. The van der Waals surface area contributed by atoms with Crippen molar-refractivity contribution in [1.29, 1.82) is 0 Å². The topological polar surface area (TPSA) is 0 Å². The van der Waals surface area contributed by atoms with E-state index in [4.69, 9.17) is 0 Å². The lowest BCUT2D eigenvalue weighted by Gasteiger charge is -1.71. The molecule has 0 heterocycles. The van der Waals surface area contributed by atoms with Crippen LogP contribution >= 0.6 is 50.9 Å². The molecule has 0 saturated carbocycles. The summed E-state index contributed by atoms with van der Waals surface area (Å²) >= 11 is 0. The van der Waals surface area contributed by atoms with Crippen LogP contribution in [0.4, 0.5) is 0 Å². The highest BCUT2D eigenvalue weighted by Crippen LogP contribution is 1.81. The molecular formula is C14H25Br3. The fourth-order valence-corrected chi connectivity index (χ4v) is 0. The van der Waals surface area contributed by atoms with Gasteiger partial charge in [0.05, 0.1) is 0 Å². The first-order valence-corrected chi connectivity index (χ1v) is 4.25. The van der Waals surface area contributed by atoms with Crippen LogP contribution in [0.5, 0.6) is 0 Å². The van der Waals surface area contributed by atoms with E-state index >= 15 is 0 Å². The third kappa shape index (κ3) is 128. The average molecular weight is 433 g/mol. The maximum atomic E-state index is 3.56. The van der Waals surface area contributed by atoms with Crippen molar-refractivity contribution in [3.8, 4) is 0 Å². The Morgan fingerprint density at radius 2 is 0.765 bits per heavy atom. The van der Waals surface area contributed by atoms with Gasteiger partial charge in [-0.2, -0.15) is 0 Å². The van der Waals surface area contributed by atoms with E-state index in [0.717, 1.165) is 11.1 Å². The molecule has 102 valence electrons. The zero-order chi connectivity index (χ0) is 12.0. The molecule has 0 radical (unpaired) electrons. The highest BCUT2D eigenvalue weighted by molar-refractivity contribution is 8.93. The van der Waals surface area contributed by atoms with E-state index < -0.39 is 0 Å². The highest BCUT2D eigenvalue weighted by atomic mass is 79.9. The lowest BCUT2D eigenvalue weighted by Crippen LogP contribution is -1.50. The molecule has 0 aliphatic rings. The van der Waals surface area contributed by atoms with E-state index in [1.165, 1.54) is 0 Å². The van der Waals surface area contributed by atoms with Crippen LogP contribution in [0.15, 0.2) is 74.9 Å². The van der Waals surface area contributed by atoms with Gasteiger partial charge in [0.1, 0.15) is 0 Å². The number of hydrogen-bond donors (Lipinski definition) is 0. The first kappa shape index (κ1) is 36.0. The van der Waals surface area contributed by atoms with Crippen LogP contribution in [-0.2, 0) is 0 Å². The summed E-state index contributed by atoms with van der Waals surface area (Å²) in [5.74, 6) is 0. The lowest BCUT2D eigenvalue weighted by atomic mass is 10.4. The second kappa shape index (κ2) is 36.0. The van der Waals surface area contributed by atoms with Gasteiger partial charge in [-0.25, -0.2) is 0 Å². The molecule has 0 nitrogen and oxygen atoms in total. The predicted octanol–water partition coefficient (Wildman–Crippen LogP) is 6.59. The maximum absolute atomic E-state index is 3.56. The molecule has 3 heteroatoms. The van der Waals surface area contributed by atoms with Gasteiger partial charge in [0.25, 0.3) is 0 Å². The zero-order valence-corrected chi connectivity index (χ0v) is 15.9. The third-order valence-corrected chi connectivity index (χ3v) is 0.864. The normalized spacial score (nSPS) is 5.06. The largest absolute Gasteiger partial charge is 0.114 e. The molecule has 0 saturated heterocycles. The van der Waals surface area contributed by atoms with Crippen molar-refractivity contribution in [1.82, 2.24) is 0 Å². The first-order chi connectivity index (χ1) is 6.45. The van der Waals surface area contributed by atoms with Gasteiger partial charge < -0.3 is 0 Å². The summed E-state index contributed by atoms with van der Waals surface area (Å²) in [5.41, 5.74) is 2.04. The minimum absolute atomic E-state index is 0. The van der Waals surface area contributed by atoms with Gasteiger partial charge >= 0.3 is 0 Å². The van der Waals surface area contributed by atoms with Crippen LogP contribution in [0.1, 0.15) is 13.8 Å². The van der Waals surface area contributed by atoms with Crippen molar-refractivity contribution in [2.24, 2.45) is 0 Å². The Kier molecular flexibility index (Phi) is 76.2. The SMILES string of the molecule is Br.Br.Br.C=CC(=C)C.C=CC(=C)C.C=CC=C. The Balaban J connectivity index is -0.0000000247. The van der Waals surface area contributed by atoms with E-state index in [0.29, 0.717) is 0 Å². The Hall–Kier alpha value is -0.120. The fourth-order valence-electron chi connectivity index (χ4n) is 0. The minimum Gasteiger partial charge on any atom is -0.114 e. The summed E-state index contributed by atoms with van der Waals surface area (Å²) < 4.78 is 0. The molecule has 0 rings (SSSR count).